The molecule has 0 bridgehead atoms. The molecule has 3 aromatic rings. The number of aryl methyl sites for hydroxylation is 1. The lowest BCUT2D eigenvalue weighted by Gasteiger charge is -2.13. The minimum Gasteiger partial charge on any atom is -0.493 e. The van der Waals surface area contributed by atoms with Gasteiger partial charge in [0.25, 0.3) is 0 Å². The van der Waals surface area contributed by atoms with Crippen LogP contribution in [0.25, 0.3) is 5.69 Å². The quantitative estimate of drug-likeness (QED) is 0.568. The number of rotatable bonds is 8. The van der Waals surface area contributed by atoms with Gasteiger partial charge in [0.2, 0.25) is 11.1 Å². The molecule has 1 atom stereocenters. The number of para-hydroxylation sites is 1. The summed E-state index contributed by atoms with van der Waals surface area (Å²) in [6.45, 7) is 4.20. The second kappa shape index (κ2) is 9.42. The molecule has 0 aliphatic heterocycles. The van der Waals surface area contributed by atoms with E-state index in [1.165, 1.54) is 11.8 Å². The van der Waals surface area contributed by atoms with Gasteiger partial charge in [0.15, 0.2) is 11.5 Å². The molecular weight excluding hydrogens is 390 g/mol. The van der Waals surface area contributed by atoms with Crippen LogP contribution in [0.4, 0.5) is 0 Å². The monoisotopic (exact) mass is 413 g/mol. The highest BCUT2D eigenvalue weighted by Crippen LogP contribution is 2.28. The summed E-state index contributed by atoms with van der Waals surface area (Å²) in [6, 6.07) is 13.4. The first-order valence-corrected chi connectivity index (χ1v) is 9.91. The van der Waals surface area contributed by atoms with E-state index in [0.29, 0.717) is 23.2 Å². The van der Waals surface area contributed by atoms with Crippen molar-refractivity contribution in [2.24, 2.45) is 0 Å². The predicted octanol–water partition coefficient (Wildman–Crippen LogP) is 2.78. The lowest BCUT2D eigenvalue weighted by molar-refractivity contribution is -0.120. The van der Waals surface area contributed by atoms with Crippen molar-refractivity contribution in [2.75, 3.05) is 14.2 Å². The average molecular weight is 414 g/mol. The van der Waals surface area contributed by atoms with Crippen molar-refractivity contribution in [3.05, 3.63) is 53.6 Å². The molecule has 0 fully saturated rings. The van der Waals surface area contributed by atoms with Crippen LogP contribution >= 0.6 is 11.8 Å². The summed E-state index contributed by atoms with van der Waals surface area (Å²) in [6.07, 6.45) is 0. The summed E-state index contributed by atoms with van der Waals surface area (Å²) in [4.78, 5) is 12.6. The van der Waals surface area contributed by atoms with Gasteiger partial charge in [0, 0.05) is 6.54 Å². The molecule has 9 heteroatoms. The summed E-state index contributed by atoms with van der Waals surface area (Å²) in [5.41, 5.74) is 2.85. The van der Waals surface area contributed by atoms with Crippen LogP contribution in [0.5, 0.6) is 11.5 Å². The summed E-state index contributed by atoms with van der Waals surface area (Å²) in [5, 5.41) is 15.0. The van der Waals surface area contributed by atoms with E-state index in [1.54, 1.807) is 18.9 Å². The molecule has 0 radical (unpaired) electrons. The Hall–Kier alpha value is -3.07. The van der Waals surface area contributed by atoms with Gasteiger partial charge in [-0.25, -0.2) is 0 Å². The Bertz CT molecular complexity index is 992. The fourth-order valence-corrected chi connectivity index (χ4v) is 3.56. The number of amides is 1. The smallest absolute Gasteiger partial charge is 0.233 e. The third kappa shape index (κ3) is 4.86. The molecule has 0 unspecified atom stereocenters. The Kier molecular flexibility index (Phi) is 6.71. The Morgan fingerprint density at radius 2 is 1.93 bits per heavy atom. The van der Waals surface area contributed by atoms with Crippen LogP contribution in [-0.4, -0.2) is 45.6 Å². The number of carbonyl (C=O) groups excluding carboxylic acids is 1. The highest BCUT2D eigenvalue weighted by Gasteiger charge is 2.19. The number of benzene rings is 2. The third-order valence-electron chi connectivity index (χ3n) is 4.35. The molecule has 1 aromatic heterocycles. The molecule has 1 N–H and O–H groups in total. The number of thioether (sulfide) groups is 1. The van der Waals surface area contributed by atoms with E-state index in [9.17, 15) is 4.79 Å². The Morgan fingerprint density at radius 1 is 1.17 bits per heavy atom. The van der Waals surface area contributed by atoms with E-state index >= 15 is 0 Å². The van der Waals surface area contributed by atoms with Gasteiger partial charge in [-0.15, -0.1) is 5.10 Å². The van der Waals surface area contributed by atoms with Crippen LogP contribution in [-0.2, 0) is 11.3 Å². The SMILES string of the molecule is COc1ccc(CNC(=O)[C@H](C)Sc2nnnn2-c2ccccc2C)cc1OC. The number of hydrogen-bond donors (Lipinski definition) is 1. The third-order valence-corrected chi connectivity index (χ3v) is 5.38. The lowest BCUT2D eigenvalue weighted by atomic mass is 10.2. The predicted molar refractivity (Wildman–Crippen MR) is 111 cm³/mol. The van der Waals surface area contributed by atoms with E-state index < -0.39 is 0 Å². The van der Waals surface area contributed by atoms with Gasteiger partial charge in [-0.2, -0.15) is 4.68 Å². The Morgan fingerprint density at radius 3 is 2.66 bits per heavy atom. The molecule has 0 saturated heterocycles. The number of carbonyl (C=O) groups is 1. The molecule has 0 aliphatic rings. The van der Waals surface area contributed by atoms with Crippen molar-refractivity contribution >= 4 is 17.7 Å². The van der Waals surface area contributed by atoms with Crippen molar-refractivity contribution in [2.45, 2.75) is 30.8 Å². The second-order valence-electron chi connectivity index (χ2n) is 6.33. The molecule has 8 nitrogen and oxygen atoms in total. The molecule has 3 rings (SSSR count). The normalized spacial score (nSPS) is 11.7. The molecular formula is C20H23N5O3S. The Balaban J connectivity index is 1.64. The van der Waals surface area contributed by atoms with Crippen LogP contribution in [0, 0.1) is 6.92 Å². The molecule has 1 heterocycles. The summed E-state index contributed by atoms with van der Waals surface area (Å²) < 4.78 is 12.2. The molecule has 0 aliphatic carbocycles. The highest BCUT2D eigenvalue weighted by molar-refractivity contribution is 8.00. The first-order chi connectivity index (χ1) is 14.0. The van der Waals surface area contributed by atoms with Gasteiger partial charge >= 0.3 is 0 Å². The zero-order chi connectivity index (χ0) is 20.8. The number of ether oxygens (including phenoxy) is 2. The van der Waals surface area contributed by atoms with Crippen LogP contribution in [0.15, 0.2) is 47.6 Å². The minimum atomic E-state index is -0.371. The fraction of sp³-hybridized carbons (Fsp3) is 0.300. The second-order valence-corrected chi connectivity index (χ2v) is 7.63. The number of hydrogen-bond acceptors (Lipinski definition) is 7. The van der Waals surface area contributed by atoms with Crippen LogP contribution < -0.4 is 14.8 Å². The molecule has 0 saturated carbocycles. The minimum absolute atomic E-state index is 0.107. The fourth-order valence-electron chi connectivity index (χ4n) is 2.74. The Labute approximate surface area is 173 Å². The summed E-state index contributed by atoms with van der Waals surface area (Å²) in [7, 11) is 3.17. The van der Waals surface area contributed by atoms with Crippen LogP contribution in [0.2, 0.25) is 0 Å². The van der Waals surface area contributed by atoms with E-state index in [-0.39, 0.29) is 11.2 Å². The molecule has 1 amide bonds. The maximum Gasteiger partial charge on any atom is 0.233 e. The van der Waals surface area contributed by atoms with Gasteiger partial charge in [0.1, 0.15) is 0 Å². The van der Waals surface area contributed by atoms with Crippen molar-refractivity contribution < 1.29 is 14.3 Å². The van der Waals surface area contributed by atoms with E-state index in [2.05, 4.69) is 20.8 Å². The number of methoxy groups -OCH3 is 2. The molecule has 152 valence electrons. The lowest BCUT2D eigenvalue weighted by Crippen LogP contribution is -2.30. The van der Waals surface area contributed by atoms with Crippen molar-refractivity contribution in [1.29, 1.82) is 0 Å². The number of nitrogens with one attached hydrogen (secondary N) is 1. The zero-order valence-corrected chi connectivity index (χ0v) is 17.6. The van der Waals surface area contributed by atoms with Crippen LogP contribution in [0.1, 0.15) is 18.1 Å². The van der Waals surface area contributed by atoms with Gasteiger partial charge in [-0.3, -0.25) is 4.79 Å². The number of aromatic nitrogens is 4. The first kappa shape index (κ1) is 20.7. The van der Waals surface area contributed by atoms with E-state index in [1.807, 2.05) is 56.3 Å². The topological polar surface area (TPSA) is 91.2 Å². The van der Waals surface area contributed by atoms with Gasteiger partial charge in [-0.1, -0.05) is 36.0 Å². The largest absolute Gasteiger partial charge is 0.493 e. The number of nitrogens with zero attached hydrogens (tertiary/aromatic N) is 4. The standard InChI is InChI=1S/C20H23N5O3S/c1-13-7-5-6-8-16(13)25-20(22-23-24-25)29-14(2)19(26)21-12-15-9-10-17(27-3)18(11-15)28-4/h5-11,14H,12H2,1-4H3,(H,21,26)/t14-/m0/s1. The van der Waals surface area contributed by atoms with Crippen LogP contribution in [0.3, 0.4) is 0 Å². The van der Waals surface area contributed by atoms with E-state index in [0.717, 1.165) is 16.8 Å². The zero-order valence-electron chi connectivity index (χ0n) is 16.7. The van der Waals surface area contributed by atoms with Crippen molar-refractivity contribution in [1.82, 2.24) is 25.5 Å². The highest BCUT2D eigenvalue weighted by atomic mass is 32.2. The van der Waals surface area contributed by atoms with E-state index in [4.69, 9.17) is 9.47 Å². The maximum atomic E-state index is 12.6. The average Bonchev–Trinajstić information content (AvgIpc) is 3.19. The van der Waals surface area contributed by atoms with Gasteiger partial charge < -0.3 is 14.8 Å². The van der Waals surface area contributed by atoms with Crippen molar-refractivity contribution in [3.63, 3.8) is 0 Å². The summed E-state index contributed by atoms with van der Waals surface area (Å²) >= 11 is 1.31. The van der Waals surface area contributed by atoms with Gasteiger partial charge in [0.05, 0.1) is 25.2 Å². The first-order valence-electron chi connectivity index (χ1n) is 9.03. The summed E-state index contributed by atoms with van der Waals surface area (Å²) in [5.74, 6) is 1.16. The maximum absolute atomic E-state index is 12.6. The van der Waals surface area contributed by atoms with Gasteiger partial charge in [-0.05, 0) is 53.6 Å². The molecule has 29 heavy (non-hydrogen) atoms. The number of tetrazole rings is 1. The molecule has 0 spiro atoms. The molecule has 2 aromatic carbocycles. The van der Waals surface area contributed by atoms with Crippen molar-refractivity contribution in [3.8, 4) is 17.2 Å².